The summed E-state index contributed by atoms with van der Waals surface area (Å²) in [6.07, 6.45) is 6.35. The van der Waals surface area contributed by atoms with Gasteiger partial charge < -0.3 is 5.32 Å². The van der Waals surface area contributed by atoms with Crippen molar-refractivity contribution in [2.75, 3.05) is 0 Å². The number of rotatable bonds is 6. The van der Waals surface area contributed by atoms with Crippen molar-refractivity contribution in [3.8, 4) is 0 Å². The van der Waals surface area contributed by atoms with Crippen LogP contribution in [0.2, 0.25) is 0 Å². The van der Waals surface area contributed by atoms with E-state index in [-0.39, 0.29) is 23.7 Å². The zero-order chi connectivity index (χ0) is 12.0. The van der Waals surface area contributed by atoms with Crippen LogP contribution in [0.15, 0.2) is 0 Å². The number of carbonyl (C=O) groups excluding carboxylic acids is 2. The summed E-state index contributed by atoms with van der Waals surface area (Å²) in [6, 6.07) is -0.206. The molecule has 0 bridgehead atoms. The lowest BCUT2D eigenvalue weighted by molar-refractivity contribution is -0.132. The van der Waals surface area contributed by atoms with Gasteiger partial charge in [-0.25, -0.2) is 0 Å². The van der Waals surface area contributed by atoms with Crippen LogP contribution in [-0.4, -0.2) is 17.7 Å². The Labute approximate surface area is 98.0 Å². The zero-order valence-electron chi connectivity index (χ0n) is 10.4. The van der Waals surface area contributed by atoms with Crippen molar-refractivity contribution in [3.63, 3.8) is 0 Å². The molecule has 0 spiro atoms. The summed E-state index contributed by atoms with van der Waals surface area (Å²) in [5.74, 6) is 0.433. The number of carbonyl (C=O) groups is 2. The number of unbranched alkanes of at least 4 members (excludes halogenated alkanes) is 1. The Morgan fingerprint density at radius 1 is 1.50 bits per heavy atom. The van der Waals surface area contributed by atoms with Crippen LogP contribution in [0, 0.1) is 5.92 Å². The van der Waals surface area contributed by atoms with Gasteiger partial charge in [-0.05, 0) is 25.7 Å². The molecule has 0 saturated carbocycles. The Balaban J connectivity index is 2.49. The van der Waals surface area contributed by atoms with Crippen molar-refractivity contribution >= 4 is 11.7 Å². The van der Waals surface area contributed by atoms with Gasteiger partial charge in [0.1, 0.15) is 0 Å². The Morgan fingerprint density at radius 3 is 2.81 bits per heavy atom. The Bertz CT molecular complexity index is 250. The predicted octanol–water partition coefficient (Wildman–Crippen LogP) is 2.44. The second kappa shape index (κ2) is 6.66. The minimum atomic E-state index is -0.206. The lowest BCUT2D eigenvalue weighted by Gasteiger charge is -2.25. The van der Waals surface area contributed by atoms with Gasteiger partial charge in [-0.2, -0.15) is 0 Å². The molecule has 2 atom stereocenters. The van der Waals surface area contributed by atoms with E-state index in [0.717, 1.165) is 38.5 Å². The molecule has 0 radical (unpaired) electrons. The van der Waals surface area contributed by atoms with Gasteiger partial charge in [0.15, 0.2) is 5.78 Å². The van der Waals surface area contributed by atoms with E-state index in [1.165, 1.54) is 0 Å². The summed E-state index contributed by atoms with van der Waals surface area (Å²) in [7, 11) is 0. The quantitative estimate of drug-likeness (QED) is 0.754. The molecule has 3 nitrogen and oxygen atoms in total. The lowest BCUT2D eigenvalue weighted by atomic mass is 9.87. The Morgan fingerprint density at radius 2 is 2.25 bits per heavy atom. The molecule has 0 aromatic rings. The van der Waals surface area contributed by atoms with Gasteiger partial charge in [0.2, 0.25) is 5.91 Å². The summed E-state index contributed by atoms with van der Waals surface area (Å²) >= 11 is 0. The number of amides is 1. The summed E-state index contributed by atoms with van der Waals surface area (Å²) < 4.78 is 0. The van der Waals surface area contributed by atoms with Gasteiger partial charge >= 0.3 is 0 Å². The van der Waals surface area contributed by atoms with Crippen LogP contribution < -0.4 is 5.32 Å². The van der Waals surface area contributed by atoms with Gasteiger partial charge in [0, 0.05) is 12.3 Å². The summed E-state index contributed by atoms with van der Waals surface area (Å²) in [5, 5.41) is 2.82. The fourth-order valence-corrected chi connectivity index (χ4v) is 2.30. The van der Waals surface area contributed by atoms with Crippen LogP contribution in [-0.2, 0) is 9.59 Å². The van der Waals surface area contributed by atoms with Crippen molar-refractivity contribution in [2.24, 2.45) is 5.92 Å². The first kappa shape index (κ1) is 13.2. The monoisotopic (exact) mass is 225 g/mol. The lowest BCUT2D eigenvalue weighted by Crippen LogP contribution is -2.46. The third-order valence-corrected chi connectivity index (χ3v) is 3.38. The molecule has 0 aliphatic carbocycles. The molecule has 0 aromatic carbocycles. The van der Waals surface area contributed by atoms with Crippen LogP contribution in [0.1, 0.15) is 58.8 Å². The molecule has 1 amide bonds. The van der Waals surface area contributed by atoms with Crippen molar-refractivity contribution in [1.29, 1.82) is 0 Å². The topological polar surface area (TPSA) is 46.2 Å². The molecule has 16 heavy (non-hydrogen) atoms. The van der Waals surface area contributed by atoms with E-state index in [4.69, 9.17) is 0 Å². The van der Waals surface area contributed by atoms with Crippen LogP contribution in [0.5, 0.6) is 0 Å². The van der Waals surface area contributed by atoms with Crippen molar-refractivity contribution in [1.82, 2.24) is 5.32 Å². The molecule has 0 aromatic heterocycles. The van der Waals surface area contributed by atoms with Crippen LogP contribution in [0.25, 0.3) is 0 Å². The van der Waals surface area contributed by atoms with Crippen molar-refractivity contribution in [2.45, 2.75) is 64.8 Å². The largest absolute Gasteiger partial charge is 0.346 e. The fourth-order valence-electron chi connectivity index (χ4n) is 2.30. The minimum absolute atomic E-state index is 0.0370. The zero-order valence-corrected chi connectivity index (χ0v) is 10.4. The van der Waals surface area contributed by atoms with E-state index < -0.39 is 0 Å². The molecule has 1 fully saturated rings. The second-order valence-electron chi connectivity index (χ2n) is 4.66. The minimum Gasteiger partial charge on any atom is -0.346 e. The third kappa shape index (κ3) is 3.62. The first-order valence-electron chi connectivity index (χ1n) is 6.52. The highest BCUT2D eigenvalue weighted by atomic mass is 16.2. The SMILES string of the molecule is CCCCC(CC)C(=O)C1CCCC(=O)N1. The number of ketones is 1. The maximum Gasteiger partial charge on any atom is 0.220 e. The number of nitrogens with one attached hydrogen (secondary N) is 1. The van der Waals surface area contributed by atoms with E-state index in [9.17, 15) is 9.59 Å². The highest BCUT2D eigenvalue weighted by Gasteiger charge is 2.28. The van der Waals surface area contributed by atoms with E-state index in [0.29, 0.717) is 6.42 Å². The molecular formula is C13H23NO2. The maximum absolute atomic E-state index is 12.2. The van der Waals surface area contributed by atoms with E-state index in [2.05, 4.69) is 19.2 Å². The van der Waals surface area contributed by atoms with Gasteiger partial charge in [-0.1, -0.05) is 26.7 Å². The van der Waals surface area contributed by atoms with E-state index >= 15 is 0 Å². The molecule has 1 N–H and O–H groups in total. The number of hydrogen-bond donors (Lipinski definition) is 1. The van der Waals surface area contributed by atoms with Crippen LogP contribution in [0.3, 0.4) is 0 Å². The molecule has 1 aliphatic heterocycles. The summed E-state index contributed by atoms with van der Waals surface area (Å²) in [4.78, 5) is 23.4. The Kier molecular flexibility index (Phi) is 5.50. The number of Topliss-reactive ketones (excluding diaryl/α,β-unsaturated/α-hetero) is 1. The number of hydrogen-bond acceptors (Lipinski definition) is 2. The highest BCUT2D eigenvalue weighted by molar-refractivity contribution is 5.91. The van der Waals surface area contributed by atoms with Crippen molar-refractivity contribution < 1.29 is 9.59 Å². The van der Waals surface area contributed by atoms with Crippen LogP contribution >= 0.6 is 0 Å². The second-order valence-corrected chi connectivity index (χ2v) is 4.66. The van der Waals surface area contributed by atoms with Gasteiger partial charge in [0.05, 0.1) is 6.04 Å². The van der Waals surface area contributed by atoms with E-state index in [1.807, 2.05) is 0 Å². The Hall–Kier alpha value is -0.860. The van der Waals surface area contributed by atoms with Crippen molar-refractivity contribution in [3.05, 3.63) is 0 Å². The summed E-state index contributed by atoms with van der Waals surface area (Å²) in [5.41, 5.74) is 0. The molecule has 92 valence electrons. The molecular weight excluding hydrogens is 202 g/mol. The van der Waals surface area contributed by atoms with Crippen LogP contribution in [0.4, 0.5) is 0 Å². The molecule has 3 heteroatoms. The standard InChI is InChI=1S/C13H23NO2/c1-3-5-7-10(4-2)13(16)11-8-6-9-12(15)14-11/h10-11H,3-9H2,1-2H3,(H,14,15). The predicted molar refractivity (Wildman–Crippen MR) is 64.1 cm³/mol. The summed E-state index contributed by atoms with van der Waals surface area (Å²) in [6.45, 7) is 4.20. The average molecular weight is 225 g/mol. The molecule has 1 rings (SSSR count). The highest BCUT2D eigenvalue weighted by Crippen LogP contribution is 2.19. The van der Waals surface area contributed by atoms with E-state index in [1.54, 1.807) is 0 Å². The molecule has 1 heterocycles. The first-order valence-corrected chi connectivity index (χ1v) is 6.52. The molecule has 1 aliphatic rings. The normalized spacial score (nSPS) is 22.6. The van der Waals surface area contributed by atoms with Gasteiger partial charge in [-0.3, -0.25) is 9.59 Å². The molecule has 1 saturated heterocycles. The fraction of sp³-hybridized carbons (Fsp3) is 0.846. The van der Waals surface area contributed by atoms with Gasteiger partial charge in [0.25, 0.3) is 0 Å². The smallest absolute Gasteiger partial charge is 0.220 e. The third-order valence-electron chi connectivity index (χ3n) is 3.38. The average Bonchev–Trinajstić information content (AvgIpc) is 2.29. The van der Waals surface area contributed by atoms with Gasteiger partial charge in [-0.15, -0.1) is 0 Å². The molecule has 2 unspecified atom stereocenters. The number of piperidine rings is 1. The maximum atomic E-state index is 12.2. The first-order chi connectivity index (χ1) is 7.69.